The molecule has 1 amide bonds. The largest absolute Gasteiger partial charge is 0.398 e. The normalized spacial score (nSPS) is 16.2. The number of nitrogens with two attached hydrogens (primary N) is 2. The van der Waals surface area contributed by atoms with Crippen molar-refractivity contribution in [3.63, 3.8) is 0 Å². The molecule has 0 saturated carbocycles. The van der Waals surface area contributed by atoms with Gasteiger partial charge in [-0.2, -0.15) is 0 Å². The van der Waals surface area contributed by atoms with Crippen LogP contribution >= 0.6 is 23.4 Å². The molecule has 5 nitrogen and oxygen atoms in total. The molecule has 0 bridgehead atoms. The standard InChI is InChI=1S/C21H30ClN3O2S/c1-15(28-20-14-17(22)6-7-18(20)24)5-8-21(26)25-19(4-2-3-11-23)16-9-12-27-13-10-16/h2-3,6-7,14,16,19H,1,4-5,8-13,23-24H2,(H,25,26)/b3-2+. The third kappa shape index (κ3) is 7.87. The summed E-state index contributed by atoms with van der Waals surface area (Å²) in [5.74, 6) is 0.474. The number of hydrogen-bond acceptors (Lipinski definition) is 5. The zero-order valence-electron chi connectivity index (χ0n) is 16.2. The Hall–Kier alpha value is -1.47. The van der Waals surface area contributed by atoms with Gasteiger partial charge in [-0.25, -0.2) is 0 Å². The summed E-state index contributed by atoms with van der Waals surface area (Å²) in [5.41, 5.74) is 12.2. The lowest BCUT2D eigenvalue weighted by Gasteiger charge is -2.30. The van der Waals surface area contributed by atoms with Crippen molar-refractivity contribution in [2.24, 2.45) is 11.7 Å². The van der Waals surface area contributed by atoms with Gasteiger partial charge >= 0.3 is 0 Å². The van der Waals surface area contributed by atoms with Gasteiger partial charge < -0.3 is 21.5 Å². The SMILES string of the molecule is C=C(CCC(=O)NC(C/C=C/CN)C1CCOCC1)Sc1cc(Cl)ccc1N. The second-order valence-electron chi connectivity index (χ2n) is 6.89. The Morgan fingerprint density at radius 1 is 1.36 bits per heavy atom. The first kappa shape index (κ1) is 22.8. The Balaban J connectivity index is 1.84. The number of allylic oxidation sites excluding steroid dienone is 1. The molecule has 154 valence electrons. The fraction of sp³-hybridized carbons (Fsp3) is 0.476. The Kier molecular flexibility index (Phi) is 9.92. The van der Waals surface area contributed by atoms with Crippen molar-refractivity contribution in [2.75, 3.05) is 25.5 Å². The Labute approximate surface area is 176 Å². The molecule has 2 rings (SSSR count). The van der Waals surface area contributed by atoms with E-state index in [2.05, 4.69) is 18.0 Å². The fourth-order valence-electron chi connectivity index (χ4n) is 3.16. The molecule has 5 N–H and O–H groups in total. The Morgan fingerprint density at radius 2 is 2.11 bits per heavy atom. The molecule has 1 aromatic carbocycles. The van der Waals surface area contributed by atoms with Crippen LogP contribution in [0.25, 0.3) is 0 Å². The van der Waals surface area contributed by atoms with Gasteiger partial charge in [0.15, 0.2) is 0 Å². The molecule has 1 unspecified atom stereocenters. The number of anilines is 1. The first-order chi connectivity index (χ1) is 13.5. The molecule has 1 aromatic rings. The van der Waals surface area contributed by atoms with E-state index in [0.29, 0.717) is 36.0 Å². The topological polar surface area (TPSA) is 90.4 Å². The molecular weight excluding hydrogens is 394 g/mol. The number of ether oxygens (including phenoxy) is 1. The van der Waals surface area contributed by atoms with Gasteiger partial charge in [-0.1, -0.05) is 42.1 Å². The lowest BCUT2D eigenvalue weighted by Crippen LogP contribution is -2.42. The van der Waals surface area contributed by atoms with Gasteiger partial charge in [0.1, 0.15) is 0 Å². The monoisotopic (exact) mass is 423 g/mol. The van der Waals surface area contributed by atoms with Crippen molar-refractivity contribution in [2.45, 2.75) is 43.0 Å². The second kappa shape index (κ2) is 12.2. The molecule has 1 saturated heterocycles. The lowest BCUT2D eigenvalue weighted by atomic mass is 9.89. The maximum atomic E-state index is 12.5. The highest BCUT2D eigenvalue weighted by atomic mass is 35.5. The third-order valence-electron chi connectivity index (χ3n) is 4.73. The van der Waals surface area contributed by atoms with Gasteiger partial charge in [-0.15, -0.1) is 0 Å². The highest BCUT2D eigenvalue weighted by molar-refractivity contribution is 8.03. The summed E-state index contributed by atoms with van der Waals surface area (Å²) in [6.45, 7) is 6.09. The van der Waals surface area contributed by atoms with E-state index in [0.717, 1.165) is 42.3 Å². The van der Waals surface area contributed by atoms with Gasteiger partial charge in [-0.3, -0.25) is 4.79 Å². The van der Waals surface area contributed by atoms with Crippen molar-refractivity contribution < 1.29 is 9.53 Å². The highest BCUT2D eigenvalue weighted by Crippen LogP contribution is 2.34. The molecule has 28 heavy (non-hydrogen) atoms. The van der Waals surface area contributed by atoms with Gasteiger partial charge in [0.05, 0.1) is 0 Å². The number of nitrogen functional groups attached to an aromatic ring is 1. The van der Waals surface area contributed by atoms with Crippen molar-refractivity contribution in [3.8, 4) is 0 Å². The van der Waals surface area contributed by atoms with Crippen molar-refractivity contribution >= 4 is 35.0 Å². The molecule has 1 atom stereocenters. The minimum absolute atomic E-state index is 0.0402. The number of carbonyl (C=O) groups is 1. The summed E-state index contributed by atoms with van der Waals surface area (Å²) in [5, 5.41) is 3.83. The number of nitrogens with one attached hydrogen (secondary N) is 1. The van der Waals surface area contributed by atoms with E-state index in [9.17, 15) is 4.79 Å². The predicted molar refractivity (Wildman–Crippen MR) is 118 cm³/mol. The molecule has 1 aliphatic heterocycles. The van der Waals surface area contributed by atoms with Gasteiger partial charge in [-0.05, 0) is 54.7 Å². The number of halogens is 1. The predicted octanol–water partition coefficient (Wildman–Crippen LogP) is 4.12. The molecule has 7 heteroatoms. The fourth-order valence-corrected chi connectivity index (χ4v) is 4.29. The van der Waals surface area contributed by atoms with Gasteiger partial charge in [0, 0.05) is 47.8 Å². The van der Waals surface area contributed by atoms with Crippen LogP contribution < -0.4 is 16.8 Å². The third-order valence-corrected chi connectivity index (χ3v) is 6.04. The summed E-state index contributed by atoms with van der Waals surface area (Å²) in [6, 6.07) is 5.46. The summed E-state index contributed by atoms with van der Waals surface area (Å²) in [7, 11) is 0. The van der Waals surface area contributed by atoms with Crippen LogP contribution in [0.5, 0.6) is 0 Å². The average Bonchev–Trinajstić information content (AvgIpc) is 2.69. The van der Waals surface area contributed by atoms with E-state index >= 15 is 0 Å². The zero-order valence-corrected chi connectivity index (χ0v) is 17.7. The molecule has 0 spiro atoms. The van der Waals surface area contributed by atoms with Crippen LogP contribution in [0.3, 0.4) is 0 Å². The number of hydrogen-bond donors (Lipinski definition) is 3. The van der Waals surface area contributed by atoms with E-state index in [4.69, 9.17) is 27.8 Å². The summed E-state index contributed by atoms with van der Waals surface area (Å²) < 4.78 is 5.45. The minimum Gasteiger partial charge on any atom is -0.398 e. The van der Waals surface area contributed by atoms with Crippen LogP contribution in [-0.4, -0.2) is 31.7 Å². The number of amides is 1. The smallest absolute Gasteiger partial charge is 0.220 e. The number of benzene rings is 1. The molecule has 1 heterocycles. The van der Waals surface area contributed by atoms with Crippen LogP contribution in [0, 0.1) is 5.92 Å². The summed E-state index contributed by atoms with van der Waals surface area (Å²) in [6.07, 6.45) is 7.70. The highest BCUT2D eigenvalue weighted by Gasteiger charge is 2.24. The summed E-state index contributed by atoms with van der Waals surface area (Å²) in [4.78, 5) is 14.3. The first-order valence-corrected chi connectivity index (χ1v) is 10.8. The van der Waals surface area contributed by atoms with E-state index in [1.54, 1.807) is 12.1 Å². The maximum Gasteiger partial charge on any atom is 0.220 e. The van der Waals surface area contributed by atoms with Crippen LogP contribution in [-0.2, 0) is 9.53 Å². The quantitative estimate of drug-likeness (QED) is 0.299. The van der Waals surface area contributed by atoms with E-state index in [1.165, 1.54) is 11.8 Å². The van der Waals surface area contributed by atoms with Crippen LogP contribution in [0.15, 0.2) is 46.7 Å². The number of thioether (sulfide) groups is 1. The van der Waals surface area contributed by atoms with Crippen LogP contribution in [0.4, 0.5) is 5.69 Å². The van der Waals surface area contributed by atoms with Crippen molar-refractivity contribution in [1.82, 2.24) is 5.32 Å². The summed E-state index contributed by atoms with van der Waals surface area (Å²) >= 11 is 7.49. The molecular formula is C21H30ClN3O2S. The number of rotatable bonds is 10. The Morgan fingerprint density at radius 3 is 2.82 bits per heavy atom. The van der Waals surface area contributed by atoms with Gasteiger partial charge in [0.25, 0.3) is 0 Å². The van der Waals surface area contributed by atoms with Gasteiger partial charge in [0.2, 0.25) is 5.91 Å². The van der Waals surface area contributed by atoms with Crippen LogP contribution in [0.2, 0.25) is 5.02 Å². The van der Waals surface area contributed by atoms with E-state index in [1.807, 2.05) is 12.1 Å². The van der Waals surface area contributed by atoms with E-state index < -0.39 is 0 Å². The first-order valence-electron chi connectivity index (χ1n) is 9.62. The average molecular weight is 424 g/mol. The van der Waals surface area contributed by atoms with Crippen molar-refractivity contribution in [3.05, 3.63) is 46.9 Å². The second-order valence-corrected chi connectivity index (χ2v) is 8.55. The van der Waals surface area contributed by atoms with Crippen molar-refractivity contribution in [1.29, 1.82) is 0 Å². The minimum atomic E-state index is 0.0402. The van der Waals surface area contributed by atoms with Crippen LogP contribution in [0.1, 0.15) is 32.1 Å². The zero-order chi connectivity index (χ0) is 20.4. The molecule has 1 fully saturated rings. The molecule has 0 radical (unpaired) electrons. The Bertz CT molecular complexity index is 690. The molecule has 0 aliphatic carbocycles. The molecule has 0 aromatic heterocycles. The van der Waals surface area contributed by atoms with E-state index in [-0.39, 0.29) is 11.9 Å². The number of carbonyl (C=O) groups excluding carboxylic acids is 1. The lowest BCUT2D eigenvalue weighted by molar-refractivity contribution is -0.122. The maximum absolute atomic E-state index is 12.5. The molecule has 1 aliphatic rings.